The van der Waals surface area contributed by atoms with Crippen LogP contribution in [0.25, 0.3) is 0 Å². The molecule has 1 aromatic carbocycles. The summed E-state index contributed by atoms with van der Waals surface area (Å²) in [5.41, 5.74) is -0.336. The minimum atomic E-state index is -0.661. The molecule has 1 aromatic rings. The lowest BCUT2D eigenvalue weighted by molar-refractivity contribution is -0.385. The molecule has 14 heavy (non-hydrogen) atoms. The van der Waals surface area contributed by atoms with E-state index in [1.54, 1.807) is 0 Å². The maximum atomic E-state index is 11.1. The van der Waals surface area contributed by atoms with E-state index in [1.807, 2.05) is 0 Å². The number of hydrogen-bond acceptors (Lipinski definition) is 3. The quantitative estimate of drug-likeness (QED) is 0.474. The molecule has 0 bridgehead atoms. The molecule has 0 N–H and O–H groups in total. The predicted molar refractivity (Wildman–Crippen MR) is 55.8 cm³/mol. The normalized spacial score (nSPS) is 9.93. The fraction of sp³-hybridized carbons (Fsp3) is 0.125. The van der Waals surface area contributed by atoms with Crippen LogP contribution in [0.3, 0.4) is 0 Å². The molecule has 0 saturated heterocycles. The van der Waals surface area contributed by atoms with E-state index in [-0.39, 0.29) is 22.1 Å². The third-order valence-electron chi connectivity index (χ3n) is 1.59. The van der Waals surface area contributed by atoms with Crippen molar-refractivity contribution in [1.29, 1.82) is 0 Å². The highest BCUT2D eigenvalue weighted by Crippen LogP contribution is 2.32. The highest BCUT2D eigenvalue weighted by atomic mass is 79.9. The molecule has 74 valence electrons. The van der Waals surface area contributed by atoms with E-state index in [9.17, 15) is 14.9 Å². The Kier molecular flexibility index (Phi) is 3.23. The Hall–Kier alpha value is -0.940. The van der Waals surface area contributed by atoms with Gasteiger partial charge in [-0.3, -0.25) is 14.9 Å². The molecule has 0 fully saturated rings. The lowest BCUT2D eigenvalue weighted by Crippen LogP contribution is -2.00. The fourth-order valence-electron chi connectivity index (χ4n) is 1.02. The van der Waals surface area contributed by atoms with Crippen LogP contribution in [-0.2, 0) is 0 Å². The van der Waals surface area contributed by atoms with Gasteiger partial charge in [0.1, 0.15) is 5.02 Å². The Labute approximate surface area is 93.1 Å². The molecule has 0 atom stereocenters. The van der Waals surface area contributed by atoms with E-state index >= 15 is 0 Å². The molecule has 0 amide bonds. The first kappa shape index (κ1) is 11.1. The number of halogens is 2. The fourth-order valence-corrected chi connectivity index (χ4v) is 1.90. The number of carbonyl (C=O) groups is 1. The summed E-state index contributed by atoms with van der Waals surface area (Å²) in [6, 6.07) is 2.76. The summed E-state index contributed by atoms with van der Waals surface area (Å²) in [6.07, 6.45) is 0. The Bertz CT molecular complexity index is 419. The highest BCUT2D eigenvalue weighted by molar-refractivity contribution is 9.10. The van der Waals surface area contributed by atoms with Gasteiger partial charge in [0.05, 0.1) is 10.5 Å². The molecule has 0 heterocycles. The Balaban J connectivity index is 3.52. The van der Waals surface area contributed by atoms with Gasteiger partial charge in [0, 0.05) is 4.47 Å². The van der Waals surface area contributed by atoms with Crippen LogP contribution in [-0.4, -0.2) is 10.7 Å². The Morgan fingerprint density at radius 3 is 2.57 bits per heavy atom. The van der Waals surface area contributed by atoms with Crippen LogP contribution in [0.5, 0.6) is 0 Å². The number of nitro benzene ring substituents is 1. The first-order valence-electron chi connectivity index (χ1n) is 3.58. The maximum Gasteiger partial charge on any atom is 0.298 e. The van der Waals surface area contributed by atoms with E-state index in [4.69, 9.17) is 11.6 Å². The molecule has 0 radical (unpaired) electrons. The number of Topliss-reactive ketones (excluding diaryl/α,β-unsaturated/α-hetero) is 1. The van der Waals surface area contributed by atoms with Crippen molar-refractivity contribution in [2.45, 2.75) is 6.92 Å². The summed E-state index contributed by atoms with van der Waals surface area (Å²) in [7, 11) is 0. The topological polar surface area (TPSA) is 60.2 Å². The molecule has 1 rings (SSSR count). The lowest BCUT2D eigenvalue weighted by atomic mass is 10.1. The van der Waals surface area contributed by atoms with Gasteiger partial charge in [-0.15, -0.1) is 0 Å². The van der Waals surface area contributed by atoms with Gasteiger partial charge in [0.15, 0.2) is 5.78 Å². The van der Waals surface area contributed by atoms with Crippen molar-refractivity contribution in [3.05, 3.63) is 37.3 Å². The minimum absolute atomic E-state index is 0.00868. The van der Waals surface area contributed by atoms with Crippen LogP contribution in [0.2, 0.25) is 5.02 Å². The number of carbonyl (C=O) groups excluding carboxylic acids is 1. The summed E-state index contributed by atoms with van der Waals surface area (Å²) >= 11 is 8.76. The van der Waals surface area contributed by atoms with Crippen molar-refractivity contribution in [3.63, 3.8) is 0 Å². The second-order valence-electron chi connectivity index (χ2n) is 2.60. The molecule has 0 aliphatic rings. The van der Waals surface area contributed by atoms with E-state index < -0.39 is 4.92 Å². The molecular formula is C8H5BrClNO3. The average Bonchev–Trinajstić information content (AvgIpc) is 2.01. The van der Waals surface area contributed by atoms with E-state index in [0.29, 0.717) is 4.47 Å². The number of rotatable bonds is 2. The Morgan fingerprint density at radius 1 is 1.57 bits per heavy atom. The van der Waals surface area contributed by atoms with Gasteiger partial charge in [0.2, 0.25) is 0 Å². The van der Waals surface area contributed by atoms with Gasteiger partial charge in [-0.1, -0.05) is 27.5 Å². The van der Waals surface area contributed by atoms with Crippen LogP contribution in [0, 0.1) is 10.1 Å². The summed E-state index contributed by atoms with van der Waals surface area (Å²) in [6.45, 7) is 1.26. The van der Waals surface area contributed by atoms with Crippen molar-refractivity contribution in [2.75, 3.05) is 0 Å². The summed E-state index contributed by atoms with van der Waals surface area (Å²) in [5.74, 6) is -0.389. The highest BCUT2D eigenvalue weighted by Gasteiger charge is 2.22. The van der Waals surface area contributed by atoms with Gasteiger partial charge in [-0.05, 0) is 19.1 Å². The molecule has 0 aliphatic carbocycles. The van der Waals surface area contributed by atoms with Gasteiger partial charge in [-0.25, -0.2) is 0 Å². The molecular weight excluding hydrogens is 273 g/mol. The summed E-state index contributed by atoms with van der Waals surface area (Å²) < 4.78 is 0.540. The molecule has 0 spiro atoms. The van der Waals surface area contributed by atoms with Gasteiger partial charge < -0.3 is 0 Å². The average molecular weight is 278 g/mol. The van der Waals surface area contributed by atoms with Gasteiger partial charge >= 0.3 is 0 Å². The zero-order valence-corrected chi connectivity index (χ0v) is 9.42. The van der Waals surface area contributed by atoms with Crippen molar-refractivity contribution in [1.82, 2.24) is 0 Å². The zero-order valence-electron chi connectivity index (χ0n) is 7.08. The molecule has 0 aliphatic heterocycles. The second kappa shape index (κ2) is 4.06. The smallest absolute Gasteiger partial charge is 0.294 e. The van der Waals surface area contributed by atoms with E-state index in [1.165, 1.54) is 19.1 Å². The lowest BCUT2D eigenvalue weighted by Gasteiger charge is -2.01. The van der Waals surface area contributed by atoms with Gasteiger partial charge in [0.25, 0.3) is 5.69 Å². The number of nitrogens with zero attached hydrogens (tertiary/aromatic N) is 1. The van der Waals surface area contributed by atoms with Crippen LogP contribution in [0.4, 0.5) is 5.69 Å². The van der Waals surface area contributed by atoms with Gasteiger partial charge in [-0.2, -0.15) is 0 Å². The standard InChI is InChI=1S/C8H5BrClNO3/c1-4(12)6-2-5(9)3-7(10)8(6)11(13)14/h2-3H,1H3. The molecule has 4 nitrogen and oxygen atoms in total. The van der Waals surface area contributed by atoms with Crippen molar-refractivity contribution < 1.29 is 9.72 Å². The monoisotopic (exact) mass is 277 g/mol. The Morgan fingerprint density at radius 2 is 2.14 bits per heavy atom. The van der Waals surface area contributed by atoms with Crippen LogP contribution >= 0.6 is 27.5 Å². The third-order valence-corrected chi connectivity index (χ3v) is 2.34. The predicted octanol–water partition coefficient (Wildman–Crippen LogP) is 3.21. The first-order chi connectivity index (χ1) is 6.43. The van der Waals surface area contributed by atoms with E-state index in [0.717, 1.165) is 0 Å². The zero-order chi connectivity index (χ0) is 10.9. The molecule has 6 heteroatoms. The van der Waals surface area contributed by atoms with Crippen LogP contribution < -0.4 is 0 Å². The second-order valence-corrected chi connectivity index (χ2v) is 3.92. The molecule has 0 saturated carbocycles. The number of ketones is 1. The molecule has 0 aromatic heterocycles. The van der Waals surface area contributed by atoms with Crippen molar-refractivity contribution in [3.8, 4) is 0 Å². The summed E-state index contributed by atoms with van der Waals surface area (Å²) in [5, 5.41) is 10.6. The number of hydrogen-bond donors (Lipinski definition) is 0. The maximum absolute atomic E-state index is 11.1. The van der Waals surface area contributed by atoms with Crippen molar-refractivity contribution in [2.24, 2.45) is 0 Å². The SMILES string of the molecule is CC(=O)c1cc(Br)cc(Cl)c1[N+](=O)[O-]. The van der Waals surface area contributed by atoms with Crippen molar-refractivity contribution >= 4 is 39.0 Å². The van der Waals surface area contributed by atoms with Crippen LogP contribution in [0.15, 0.2) is 16.6 Å². The largest absolute Gasteiger partial charge is 0.298 e. The minimum Gasteiger partial charge on any atom is -0.294 e. The number of benzene rings is 1. The first-order valence-corrected chi connectivity index (χ1v) is 4.75. The third kappa shape index (κ3) is 2.10. The summed E-state index contributed by atoms with van der Waals surface area (Å²) in [4.78, 5) is 21.0. The van der Waals surface area contributed by atoms with Crippen LogP contribution in [0.1, 0.15) is 17.3 Å². The van der Waals surface area contributed by atoms with E-state index in [2.05, 4.69) is 15.9 Å². The molecule has 0 unspecified atom stereocenters. The number of nitro groups is 1.